The number of nitrogens with zero attached hydrogens (tertiary/aromatic N) is 5. The number of carbonyl (C=O) groups excluding carboxylic acids is 1. The first-order chi connectivity index (χ1) is 14.9. The van der Waals surface area contributed by atoms with Crippen molar-refractivity contribution in [1.29, 1.82) is 0 Å². The molecule has 3 heterocycles. The standard InChI is InChI=1S/C21H21N7O2S/c1-12-9-13(2)28-20(22-12)26-19(27-28)24-17(29)11-31-21-23-14(3)16(18(30)25-21)10-15-7-5-4-6-8-15/h4-9H,10-11H2,1-3H3,(H,23,25,30)(H,24,27,29). The molecule has 10 heteroatoms. The molecule has 0 radical (unpaired) electrons. The van der Waals surface area contributed by atoms with Gasteiger partial charge in [0.1, 0.15) is 0 Å². The summed E-state index contributed by atoms with van der Waals surface area (Å²) in [6, 6.07) is 11.6. The molecule has 0 fully saturated rings. The lowest BCUT2D eigenvalue weighted by molar-refractivity contribution is -0.113. The molecule has 3 aromatic heterocycles. The number of hydrogen-bond acceptors (Lipinski definition) is 7. The van der Waals surface area contributed by atoms with Gasteiger partial charge in [-0.15, -0.1) is 5.10 Å². The van der Waals surface area contributed by atoms with E-state index in [9.17, 15) is 9.59 Å². The van der Waals surface area contributed by atoms with Crippen LogP contribution in [0, 0.1) is 20.8 Å². The number of hydrogen-bond donors (Lipinski definition) is 2. The van der Waals surface area contributed by atoms with E-state index in [1.165, 1.54) is 0 Å². The molecular formula is C21H21N7O2S. The van der Waals surface area contributed by atoms with Crippen LogP contribution in [0.1, 0.15) is 28.2 Å². The number of H-pyrrole nitrogens is 1. The number of aryl methyl sites for hydroxylation is 3. The van der Waals surface area contributed by atoms with E-state index in [0.29, 0.717) is 28.6 Å². The van der Waals surface area contributed by atoms with Gasteiger partial charge in [-0.3, -0.25) is 14.9 Å². The van der Waals surface area contributed by atoms with Gasteiger partial charge in [-0.2, -0.15) is 9.50 Å². The zero-order valence-electron chi connectivity index (χ0n) is 17.3. The van der Waals surface area contributed by atoms with Gasteiger partial charge in [-0.05, 0) is 32.4 Å². The predicted octanol–water partition coefficient (Wildman–Crippen LogP) is 2.45. The first-order valence-corrected chi connectivity index (χ1v) is 10.6. The van der Waals surface area contributed by atoms with Gasteiger partial charge in [0.25, 0.3) is 17.3 Å². The molecule has 0 unspecified atom stereocenters. The Morgan fingerprint density at radius 2 is 1.90 bits per heavy atom. The lowest BCUT2D eigenvalue weighted by Gasteiger charge is -2.07. The van der Waals surface area contributed by atoms with Gasteiger partial charge in [0.2, 0.25) is 5.91 Å². The molecule has 0 aliphatic heterocycles. The van der Waals surface area contributed by atoms with Crippen LogP contribution in [0.3, 0.4) is 0 Å². The number of benzene rings is 1. The first kappa shape index (κ1) is 20.7. The molecule has 4 aromatic rings. The maximum absolute atomic E-state index is 12.5. The fraction of sp³-hybridized carbons (Fsp3) is 0.238. The summed E-state index contributed by atoms with van der Waals surface area (Å²) < 4.78 is 1.57. The minimum absolute atomic E-state index is 0.0569. The molecule has 0 bridgehead atoms. The largest absolute Gasteiger partial charge is 0.301 e. The lowest BCUT2D eigenvalue weighted by atomic mass is 10.1. The second kappa shape index (κ2) is 8.68. The first-order valence-electron chi connectivity index (χ1n) is 9.66. The third-order valence-electron chi connectivity index (χ3n) is 4.63. The minimum atomic E-state index is -0.302. The number of fused-ring (bicyclic) bond motifs is 1. The third-order valence-corrected chi connectivity index (χ3v) is 5.51. The van der Waals surface area contributed by atoms with Crippen LogP contribution >= 0.6 is 11.8 Å². The third kappa shape index (κ3) is 4.80. The molecule has 0 aliphatic carbocycles. The quantitative estimate of drug-likeness (QED) is 0.353. The van der Waals surface area contributed by atoms with Crippen molar-refractivity contribution in [3.63, 3.8) is 0 Å². The normalized spacial score (nSPS) is 11.1. The summed E-state index contributed by atoms with van der Waals surface area (Å²) in [4.78, 5) is 40.6. The Labute approximate surface area is 182 Å². The summed E-state index contributed by atoms with van der Waals surface area (Å²) in [5.41, 5.74) is 3.81. The van der Waals surface area contributed by atoms with E-state index in [0.717, 1.165) is 28.7 Å². The number of rotatable bonds is 6. The van der Waals surface area contributed by atoms with Crippen molar-refractivity contribution in [3.8, 4) is 0 Å². The fourth-order valence-corrected chi connectivity index (χ4v) is 3.88. The van der Waals surface area contributed by atoms with E-state index in [1.54, 1.807) is 11.4 Å². The fourth-order valence-electron chi connectivity index (χ4n) is 3.18. The van der Waals surface area contributed by atoms with E-state index >= 15 is 0 Å². The summed E-state index contributed by atoms with van der Waals surface area (Å²) in [5, 5.41) is 7.31. The van der Waals surface area contributed by atoms with Gasteiger partial charge in [0.15, 0.2) is 5.16 Å². The molecule has 158 valence electrons. The maximum atomic E-state index is 12.5. The Morgan fingerprint density at radius 3 is 2.65 bits per heavy atom. The Kier molecular flexibility index (Phi) is 5.81. The molecule has 0 saturated heterocycles. The molecule has 2 N–H and O–H groups in total. The number of anilines is 1. The average molecular weight is 436 g/mol. The molecule has 0 spiro atoms. The lowest BCUT2D eigenvalue weighted by Crippen LogP contribution is -2.19. The van der Waals surface area contributed by atoms with Gasteiger partial charge < -0.3 is 4.98 Å². The number of nitrogens with one attached hydrogen (secondary N) is 2. The van der Waals surface area contributed by atoms with Crippen LogP contribution in [-0.2, 0) is 11.2 Å². The molecule has 0 aliphatic rings. The number of aromatic amines is 1. The van der Waals surface area contributed by atoms with Crippen molar-refractivity contribution in [1.82, 2.24) is 29.5 Å². The molecule has 1 amide bonds. The van der Waals surface area contributed by atoms with E-state index in [-0.39, 0.29) is 23.2 Å². The van der Waals surface area contributed by atoms with E-state index in [2.05, 4.69) is 30.4 Å². The number of thioether (sulfide) groups is 1. The Bertz CT molecular complexity index is 1310. The van der Waals surface area contributed by atoms with E-state index < -0.39 is 0 Å². The minimum Gasteiger partial charge on any atom is -0.301 e. The molecule has 4 rings (SSSR count). The summed E-state index contributed by atoms with van der Waals surface area (Å²) in [5.74, 6) is 0.365. The maximum Gasteiger partial charge on any atom is 0.255 e. The zero-order chi connectivity index (χ0) is 22.0. The summed E-state index contributed by atoms with van der Waals surface area (Å²) in [6.07, 6.45) is 0.507. The van der Waals surface area contributed by atoms with Crippen LogP contribution in [-0.4, -0.2) is 41.2 Å². The highest BCUT2D eigenvalue weighted by Crippen LogP contribution is 2.15. The summed E-state index contributed by atoms with van der Waals surface area (Å²) in [7, 11) is 0. The number of amides is 1. The van der Waals surface area contributed by atoms with Gasteiger partial charge in [-0.1, -0.05) is 42.1 Å². The molecule has 0 atom stereocenters. The van der Waals surface area contributed by atoms with Crippen molar-refractivity contribution in [3.05, 3.63) is 75.0 Å². The molecule has 0 saturated carbocycles. The van der Waals surface area contributed by atoms with Crippen LogP contribution < -0.4 is 10.9 Å². The Morgan fingerprint density at radius 1 is 1.13 bits per heavy atom. The van der Waals surface area contributed by atoms with Crippen molar-refractivity contribution < 1.29 is 4.79 Å². The van der Waals surface area contributed by atoms with Crippen molar-refractivity contribution >= 4 is 29.4 Å². The van der Waals surface area contributed by atoms with Crippen LogP contribution in [0.5, 0.6) is 0 Å². The highest BCUT2D eigenvalue weighted by molar-refractivity contribution is 7.99. The molecule has 31 heavy (non-hydrogen) atoms. The summed E-state index contributed by atoms with van der Waals surface area (Å²) in [6.45, 7) is 5.57. The highest BCUT2D eigenvalue weighted by atomic mass is 32.2. The number of aromatic nitrogens is 6. The topological polar surface area (TPSA) is 118 Å². The van der Waals surface area contributed by atoms with Gasteiger partial charge >= 0.3 is 0 Å². The molecule has 1 aromatic carbocycles. The SMILES string of the molecule is Cc1cc(C)n2nc(NC(=O)CSc3nc(C)c(Cc4ccccc4)c(=O)[nH]3)nc2n1. The monoisotopic (exact) mass is 435 g/mol. The van der Waals surface area contributed by atoms with Crippen LogP contribution in [0.2, 0.25) is 0 Å². The Hall–Kier alpha value is -3.53. The van der Waals surface area contributed by atoms with Crippen LogP contribution in [0.4, 0.5) is 5.95 Å². The van der Waals surface area contributed by atoms with E-state index in [4.69, 9.17) is 0 Å². The van der Waals surface area contributed by atoms with Gasteiger partial charge in [-0.25, -0.2) is 9.97 Å². The van der Waals surface area contributed by atoms with Crippen molar-refractivity contribution in [2.75, 3.05) is 11.1 Å². The summed E-state index contributed by atoms with van der Waals surface area (Å²) >= 11 is 1.15. The zero-order valence-corrected chi connectivity index (χ0v) is 18.2. The smallest absolute Gasteiger partial charge is 0.255 e. The van der Waals surface area contributed by atoms with Gasteiger partial charge in [0.05, 0.1) is 5.75 Å². The molecule has 9 nitrogen and oxygen atoms in total. The van der Waals surface area contributed by atoms with Crippen molar-refractivity contribution in [2.45, 2.75) is 32.3 Å². The van der Waals surface area contributed by atoms with E-state index in [1.807, 2.05) is 50.2 Å². The number of carbonyl (C=O) groups is 1. The van der Waals surface area contributed by atoms with Crippen molar-refractivity contribution in [2.24, 2.45) is 0 Å². The second-order valence-electron chi connectivity index (χ2n) is 7.12. The average Bonchev–Trinajstić information content (AvgIpc) is 3.12. The van der Waals surface area contributed by atoms with Crippen LogP contribution in [0.25, 0.3) is 5.78 Å². The second-order valence-corrected chi connectivity index (χ2v) is 8.08. The Balaban J connectivity index is 1.41. The predicted molar refractivity (Wildman–Crippen MR) is 118 cm³/mol. The van der Waals surface area contributed by atoms with Crippen LogP contribution in [0.15, 0.2) is 46.3 Å². The molecular weight excluding hydrogens is 414 g/mol. The van der Waals surface area contributed by atoms with Gasteiger partial charge in [0, 0.05) is 29.1 Å². The highest BCUT2D eigenvalue weighted by Gasteiger charge is 2.13.